The van der Waals surface area contributed by atoms with Gasteiger partial charge in [0.1, 0.15) is 18.1 Å². The maximum atomic E-state index is 14.4. The minimum Gasteiger partial charge on any atom is -0.465 e. The number of nitrogens with one attached hydrogen (secondary N) is 3. The minimum atomic E-state index is -1.69. The Labute approximate surface area is 252 Å². The highest BCUT2D eigenvalue weighted by atomic mass is 19.1. The molecule has 44 heavy (non-hydrogen) atoms. The minimum absolute atomic E-state index is 0.00610. The molecular formula is C30H32FN9O4. The number of carbonyl (C=O) groups excluding carboxylic acids is 1. The molecule has 5 heterocycles. The molecule has 1 saturated heterocycles. The topological polar surface area (TPSA) is 181 Å². The van der Waals surface area contributed by atoms with Crippen LogP contribution in [0.3, 0.4) is 0 Å². The van der Waals surface area contributed by atoms with E-state index in [1.807, 2.05) is 6.07 Å². The molecular weight excluding hydrogens is 569 g/mol. The van der Waals surface area contributed by atoms with Gasteiger partial charge >= 0.3 is 6.09 Å². The van der Waals surface area contributed by atoms with E-state index in [4.69, 9.17) is 5.11 Å². The second kappa shape index (κ2) is 12.5. The summed E-state index contributed by atoms with van der Waals surface area (Å²) in [5.41, 5.74) is 1.65. The van der Waals surface area contributed by atoms with Crippen molar-refractivity contribution in [2.75, 3.05) is 29.9 Å². The van der Waals surface area contributed by atoms with Gasteiger partial charge in [-0.25, -0.2) is 18.7 Å². The first-order valence-corrected chi connectivity index (χ1v) is 14.0. The molecule has 0 spiro atoms. The Hall–Kier alpha value is -5.29. The number of amides is 2. The molecule has 0 bridgehead atoms. The summed E-state index contributed by atoms with van der Waals surface area (Å²) in [5.74, 6) is 0.104. The van der Waals surface area contributed by atoms with Gasteiger partial charge in [0.25, 0.3) is 5.91 Å². The highest BCUT2D eigenvalue weighted by Crippen LogP contribution is 2.29. The maximum absolute atomic E-state index is 14.4. The summed E-state index contributed by atoms with van der Waals surface area (Å²) in [5, 5.41) is 40.7. The van der Waals surface area contributed by atoms with E-state index in [2.05, 4.69) is 42.0 Å². The molecule has 1 aliphatic heterocycles. The zero-order valence-electron chi connectivity index (χ0n) is 24.2. The summed E-state index contributed by atoms with van der Waals surface area (Å²) in [4.78, 5) is 35.3. The van der Waals surface area contributed by atoms with Crippen LogP contribution in [0.4, 0.5) is 26.4 Å². The normalized spacial score (nSPS) is 15.5. The molecule has 1 fully saturated rings. The number of nitrogens with zero attached hydrogens (tertiary/aromatic N) is 6. The van der Waals surface area contributed by atoms with Crippen molar-refractivity contribution >= 4 is 34.7 Å². The number of carboxylic acid groups (broad SMARTS) is 1. The van der Waals surface area contributed by atoms with Gasteiger partial charge in [-0.15, -0.1) is 0 Å². The van der Waals surface area contributed by atoms with Gasteiger partial charge in [0.05, 0.1) is 63.9 Å². The monoisotopic (exact) mass is 601 g/mol. The fourth-order valence-electron chi connectivity index (χ4n) is 5.00. The molecule has 1 aliphatic rings. The maximum Gasteiger partial charge on any atom is 0.404 e. The molecule has 2 unspecified atom stereocenters. The second-order valence-corrected chi connectivity index (χ2v) is 11.1. The van der Waals surface area contributed by atoms with Crippen LogP contribution in [0.25, 0.3) is 16.9 Å². The number of hydrogen-bond acceptors (Lipinski definition) is 9. The molecule has 13 nitrogen and oxygen atoms in total. The summed E-state index contributed by atoms with van der Waals surface area (Å²) in [6.45, 7) is 3.29. The number of hydrogen-bond donors (Lipinski definition) is 5. The molecule has 0 saturated carbocycles. The van der Waals surface area contributed by atoms with Crippen LogP contribution in [0, 0.1) is 11.3 Å². The molecule has 0 aromatic carbocycles. The number of halogens is 1. The number of nitriles is 1. The van der Waals surface area contributed by atoms with Crippen LogP contribution in [0.2, 0.25) is 0 Å². The largest absolute Gasteiger partial charge is 0.465 e. The Balaban J connectivity index is 1.43. The van der Waals surface area contributed by atoms with Gasteiger partial charge in [-0.05, 0) is 63.1 Å². The average Bonchev–Trinajstić information content (AvgIpc) is 3.65. The summed E-state index contributed by atoms with van der Waals surface area (Å²) in [6, 6.07) is 12.6. The van der Waals surface area contributed by atoms with Crippen LogP contribution in [-0.2, 0) is 0 Å². The quantitative estimate of drug-likeness (QED) is 0.181. The Kier molecular flexibility index (Phi) is 8.59. The molecule has 228 valence electrons. The lowest BCUT2D eigenvalue weighted by Crippen LogP contribution is -2.42. The predicted octanol–water partition coefficient (Wildman–Crippen LogP) is 3.48. The molecule has 4 aromatic rings. The van der Waals surface area contributed by atoms with Gasteiger partial charge in [-0.2, -0.15) is 10.4 Å². The lowest BCUT2D eigenvalue weighted by molar-refractivity contribution is -0.00177. The fraction of sp³-hybridized carbons (Fsp3) is 0.333. The van der Waals surface area contributed by atoms with E-state index in [1.165, 1.54) is 26.2 Å². The van der Waals surface area contributed by atoms with Crippen molar-refractivity contribution in [3.8, 4) is 17.5 Å². The molecule has 4 aromatic heterocycles. The molecule has 0 radical (unpaired) electrons. The fourth-order valence-corrected chi connectivity index (χ4v) is 5.00. The van der Waals surface area contributed by atoms with Crippen LogP contribution >= 0.6 is 0 Å². The van der Waals surface area contributed by atoms with E-state index < -0.39 is 30.3 Å². The van der Waals surface area contributed by atoms with Gasteiger partial charge in [0.2, 0.25) is 0 Å². The summed E-state index contributed by atoms with van der Waals surface area (Å²) >= 11 is 0. The third-order valence-corrected chi connectivity index (χ3v) is 7.44. The van der Waals surface area contributed by atoms with E-state index in [1.54, 1.807) is 41.0 Å². The summed E-state index contributed by atoms with van der Waals surface area (Å²) in [6.07, 6.45) is 3.43. The second-order valence-electron chi connectivity index (χ2n) is 11.1. The molecule has 14 heteroatoms. The van der Waals surface area contributed by atoms with E-state index in [9.17, 15) is 24.3 Å². The van der Waals surface area contributed by atoms with Crippen molar-refractivity contribution in [2.45, 2.75) is 44.5 Å². The van der Waals surface area contributed by atoms with Crippen molar-refractivity contribution in [2.24, 2.45) is 0 Å². The van der Waals surface area contributed by atoms with Crippen molar-refractivity contribution in [3.63, 3.8) is 0 Å². The van der Waals surface area contributed by atoms with Gasteiger partial charge < -0.3 is 31.1 Å². The summed E-state index contributed by atoms with van der Waals surface area (Å²) < 4.78 is 16.0. The Bertz CT molecular complexity index is 1710. The zero-order valence-corrected chi connectivity index (χ0v) is 24.2. The standard InChI is InChI=1S/C30H32FN9O4/c1-30(2,44)26(31)17-35-28(41)22-16-33-24(25-7-6-20-10-18(12-32)13-37-40(20)25)11-23(22)38-19-5-8-27(34-14-19)39-9-3-4-21(39)15-36-29(42)43/h5-8,10-11,13-14,16,21,26,36,44H,3-4,9,15,17H2,1-2H3,(H,33,38)(H,35,41)(H,42,43). The van der Waals surface area contributed by atoms with Gasteiger partial charge in [-0.3, -0.25) is 9.78 Å². The third-order valence-electron chi connectivity index (χ3n) is 7.44. The van der Waals surface area contributed by atoms with Crippen LogP contribution in [0.15, 0.2) is 55.0 Å². The van der Waals surface area contributed by atoms with E-state index in [0.29, 0.717) is 46.2 Å². The number of carbonyl (C=O) groups is 2. The number of aliphatic hydroxyl groups is 1. The van der Waals surface area contributed by atoms with Crippen molar-refractivity contribution in [3.05, 3.63) is 66.1 Å². The number of anilines is 3. The Morgan fingerprint density at radius 1 is 1.16 bits per heavy atom. The van der Waals surface area contributed by atoms with E-state index >= 15 is 0 Å². The van der Waals surface area contributed by atoms with Gasteiger partial charge in [-0.1, -0.05) is 0 Å². The van der Waals surface area contributed by atoms with Crippen LogP contribution in [0.1, 0.15) is 42.6 Å². The van der Waals surface area contributed by atoms with Gasteiger partial charge in [0.15, 0.2) is 0 Å². The van der Waals surface area contributed by atoms with Crippen LogP contribution in [-0.4, -0.2) is 79.2 Å². The smallest absolute Gasteiger partial charge is 0.404 e. The lowest BCUT2D eigenvalue weighted by Gasteiger charge is -2.25. The molecule has 5 N–H and O–H groups in total. The number of rotatable bonds is 10. The predicted molar refractivity (Wildman–Crippen MR) is 161 cm³/mol. The molecule has 2 atom stereocenters. The first-order chi connectivity index (χ1) is 21.0. The van der Waals surface area contributed by atoms with Gasteiger partial charge in [0, 0.05) is 25.3 Å². The Morgan fingerprint density at radius 2 is 1.98 bits per heavy atom. The van der Waals surface area contributed by atoms with Crippen molar-refractivity contribution in [1.29, 1.82) is 5.26 Å². The highest BCUT2D eigenvalue weighted by molar-refractivity contribution is 6.00. The molecule has 0 aliphatic carbocycles. The zero-order chi connectivity index (χ0) is 31.4. The number of pyridine rings is 2. The van der Waals surface area contributed by atoms with E-state index in [0.717, 1.165) is 19.4 Å². The van der Waals surface area contributed by atoms with E-state index in [-0.39, 0.29) is 11.6 Å². The van der Waals surface area contributed by atoms with Crippen molar-refractivity contribution < 1.29 is 24.2 Å². The molecule has 5 rings (SSSR count). The lowest BCUT2D eigenvalue weighted by atomic mass is 10.0. The Morgan fingerprint density at radius 3 is 2.68 bits per heavy atom. The van der Waals surface area contributed by atoms with Crippen molar-refractivity contribution in [1.82, 2.24) is 30.2 Å². The number of alkyl halides is 1. The first kappa shape index (κ1) is 30.2. The third kappa shape index (κ3) is 6.68. The van der Waals surface area contributed by atoms with Crippen LogP contribution in [0.5, 0.6) is 0 Å². The SMILES string of the molecule is CC(C)(O)C(F)CNC(=O)c1cnc(-c2ccc3cc(C#N)cnn23)cc1Nc1ccc(N2CCCC2CNC(=O)O)nc1. The van der Waals surface area contributed by atoms with Crippen LogP contribution < -0.4 is 20.9 Å². The average molecular weight is 602 g/mol. The summed E-state index contributed by atoms with van der Waals surface area (Å²) in [7, 11) is 0. The number of aromatic nitrogens is 4. The molecule has 2 amide bonds. The first-order valence-electron chi connectivity index (χ1n) is 14.0. The number of fused-ring (bicyclic) bond motifs is 1. The highest BCUT2D eigenvalue weighted by Gasteiger charge is 2.28.